The topological polar surface area (TPSA) is 103 Å². The zero-order chi connectivity index (χ0) is 24.7. The Morgan fingerprint density at radius 3 is 2.46 bits per heavy atom. The number of halogens is 2. The van der Waals surface area contributed by atoms with Gasteiger partial charge in [0.1, 0.15) is 10.7 Å². The maximum atomic E-state index is 12.8. The quantitative estimate of drug-likeness (QED) is 0.553. The van der Waals surface area contributed by atoms with Crippen LogP contribution >= 0.6 is 11.3 Å². The molecule has 1 N–H and O–H groups in total. The number of nitrogens with one attached hydrogen (secondary N) is 1. The van der Waals surface area contributed by atoms with E-state index in [4.69, 9.17) is 4.98 Å². The first-order valence-electron chi connectivity index (χ1n) is 11.4. The molecule has 186 valence electrons. The third-order valence-corrected chi connectivity index (χ3v) is 9.16. The molecule has 3 aromatic rings. The second-order valence-corrected chi connectivity index (χ2v) is 11.8. The van der Waals surface area contributed by atoms with Gasteiger partial charge in [0.2, 0.25) is 9.84 Å². The minimum atomic E-state index is -4.69. The Morgan fingerprint density at radius 2 is 1.77 bits per heavy atom. The first-order chi connectivity index (χ1) is 16.7. The van der Waals surface area contributed by atoms with Gasteiger partial charge in [0.05, 0.1) is 16.8 Å². The summed E-state index contributed by atoms with van der Waals surface area (Å²) in [6, 6.07) is 4.58. The van der Waals surface area contributed by atoms with Gasteiger partial charge >= 0.3 is 5.76 Å². The molecule has 3 heterocycles. The highest BCUT2D eigenvalue weighted by molar-refractivity contribution is 7.91. The molecular weight excluding hydrogens is 498 g/mol. The molecule has 5 rings (SSSR count). The van der Waals surface area contributed by atoms with Crippen molar-refractivity contribution in [3.05, 3.63) is 56.4 Å². The number of piperazine rings is 1. The number of H-pyrrole nitrogens is 1. The second-order valence-electron chi connectivity index (χ2n) is 8.80. The molecule has 0 unspecified atom stereocenters. The van der Waals surface area contributed by atoms with Gasteiger partial charge in [-0.3, -0.25) is 14.5 Å². The third-order valence-electron chi connectivity index (χ3n) is 6.57. The van der Waals surface area contributed by atoms with Crippen molar-refractivity contribution in [1.29, 1.82) is 0 Å². The van der Waals surface area contributed by atoms with Crippen molar-refractivity contribution >= 4 is 37.3 Å². The highest BCUT2D eigenvalue weighted by atomic mass is 32.2. The average Bonchev–Trinajstić information content (AvgIpc) is 3.23. The Labute approximate surface area is 204 Å². The number of carbonyl (C=O) groups is 1. The summed E-state index contributed by atoms with van der Waals surface area (Å²) in [7, 11) is -4.69. The fourth-order valence-electron chi connectivity index (χ4n) is 4.68. The summed E-state index contributed by atoms with van der Waals surface area (Å²) < 4.78 is 48.5. The number of amides is 1. The molecular formula is C23H24F2N4O4S2. The minimum Gasteiger partial charge on any atom is -0.336 e. The summed E-state index contributed by atoms with van der Waals surface area (Å²) in [5.74, 6) is -3.19. The highest BCUT2D eigenvalue weighted by Gasteiger charge is 2.28. The van der Waals surface area contributed by atoms with Crippen LogP contribution in [-0.4, -0.2) is 66.0 Å². The molecule has 35 heavy (non-hydrogen) atoms. The number of sulfone groups is 1. The number of aryl methyl sites for hydroxylation is 2. The number of rotatable bonds is 5. The maximum Gasteiger partial charge on any atom is 0.341 e. The first-order valence-corrected chi connectivity index (χ1v) is 13.8. The lowest BCUT2D eigenvalue weighted by Crippen LogP contribution is -2.48. The van der Waals surface area contributed by atoms with Gasteiger partial charge in [0.25, 0.3) is 11.5 Å². The molecule has 1 fully saturated rings. The molecule has 2 aromatic heterocycles. The van der Waals surface area contributed by atoms with E-state index in [-0.39, 0.29) is 17.0 Å². The van der Waals surface area contributed by atoms with Crippen LogP contribution in [0.15, 0.2) is 34.0 Å². The molecule has 8 nitrogen and oxygen atoms in total. The molecule has 1 aromatic carbocycles. The standard InChI is InChI=1S/C23H24F2N4O4S2/c24-23(25)35(32,33)15-7-5-14(6-8-15)22(31)29-11-9-28(10-12-29)13-18-26-20(30)19-16-3-1-2-4-17(16)34-21(19)27-18/h5-8,23H,1-4,9-13H2,(H,26,27,30). The fourth-order valence-corrected chi connectivity index (χ4v) is 6.68. The number of alkyl halides is 2. The van der Waals surface area contributed by atoms with Crippen LogP contribution in [0.25, 0.3) is 10.2 Å². The van der Waals surface area contributed by atoms with E-state index in [1.54, 1.807) is 16.2 Å². The molecule has 0 spiro atoms. The first kappa shape index (κ1) is 24.0. The van der Waals surface area contributed by atoms with E-state index in [2.05, 4.69) is 9.88 Å². The van der Waals surface area contributed by atoms with Crippen molar-refractivity contribution in [2.24, 2.45) is 0 Å². The molecule has 12 heteroatoms. The number of fused-ring (bicyclic) bond motifs is 3. The van der Waals surface area contributed by atoms with E-state index < -0.39 is 20.5 Å². The third kappa shape index (κ3) is 4.62. The summed E-state index contributed by atoms with van der Waals surface area (Å²) in [4.78, 5) is 38.5. The summed E-state index contributed by atoms with van der Waals surface area (Å²) in [6.45, 7) is 2.50. The Balaban J connectivity index is 1.22. The zero-order valence-corrected chi connectivity index (χ0v) is 20.4. The molecule has 2 aliphatic rings. The number of hydrogen-bond acceptors (Lipinski definition) is 7. The summed E-state index contributed by atoms with van der Waals surface area (Å²) in [6.07, 6.45) is 4.18. The van der Waals surface area contributed by atoms with Gasteiger partial charge in [-0.15, -0.1) is 11.3 Å². The largest absolute Gasteiger partial charge is 0.341 e. The van der Waals surface area contributed by atoms with Crippen molar-refractivity contribution < 1.29 is 22.0 Å². The summed E-state index contributed by atoms with van der Waals surface area (Å²) in [5.41, 5.74) is 1.31. The van der Waals surface area contributed by atoms with Crippen LogP contribution < -0.4 is 5.56 Å². The molecule has 0 bridgehead atoms. The fraction of sp³-hybridized carbons (Fsp3) is 0.435. The van der Waals surface area contributed by atoms with Crippen molar-refractivity contribution in [1.82, 2.24) is 19.8 Å². The van der Waals surface area contributed by atoms with Crippen LogP contribution in [0.1, 0.15) is 39.5 Å². The predicted octanol–water partition coefficient (Wildman–Crippen LogP) is 2.82. The zero-order valence-electron chi connectivity index (χ0n) is 18.8. The number of thiophene rings is 1. The number of aromatic nitrogens is 2. The van der Waals surface area contributed by atoms with E-state index in [1.165, 1.54) is 17.0 Å². The summed E-state index contributed by atoms with van der Waals surface area (Å²) >= 11 is 1.61. The number of benzene rings is 1. The van der Waals surface area contributed by atoms with Crippen LogP contribution in [0.2, 0.25) is 0 Å². The van der Waals surface area contributed by atoms with Gasteiger partial charge in [-0.2, -0.15) is 8.78 Å². The Kier molecular flexibility index (Phi) is 6.45. The van der Waals surface area contributed by atoms with E-state index in [1.807, 2.05) is 0 Å². The van der Waals surface area contributed by atoms with Crippen molar-refractivity contribution in [3.8, 4) is 0 Å². The van der Waals surface area contributed by atoms with Crippen LogP contribution in [0, 0.1) is 0 Å². The smallest absolute Gasteiger partial charge is 0.336 e. The number of nitrogens with zero attached hydrogens (tertiary/aromatic N) is 3. The molecule has 0 radical (unpaired) electrons. The van der Waals surface area contributed by atoms with Crippen LogP contribution in [-0.2, 0) is 29.2 Å². The molecule has 1 amide bonds. The number of hydrogen-bond donors (Lipinski definition) is 1. The van der Waals surface area contributed by atoms with E-state index in [0.29, 0.717) is 38.5 Å². The molecule has 0 atom stereocenters. The number of carbonyl (C=O) groups excluding carboxylic acids is 1. The summed E-state index contributed by atoms with van der Waals surface area (Å²) in [5, 5.41) is 0.733. The predicted molar refractivity (Wildman–Crippen MR) is 128 cm³/mol. The van der Waals surface area contributed by atoms with E-state index in [0.717, 1.165) is 53.6 Å². The average molecular weight is 523 g/mol. The van der Waals surface area contributed by atoms with E-state index in [9.17, 15) is 26.8 Å². The lowest BCUT2D eigenvalue weighted by molar-refractivity contribution is 0.0625. The van der Waals surface area contributed by atoms with Gasteiger partial charge in [0, 0.05) is 36.6 Å². The highest BCUT2D eigenvalue weighted by Crippen LogP contribution is 2.33. The van der Waals surface area contributed by atoms with Crippen molar-refractivity contribution in [2.45, 2.75) is 42.9 Å². The van der Waals surface area contributed by atoms with Gasteiger partial charge in [0.15, 0.2) is 0 Å². The lowest BCUT2D eigenvalue weighted by atomic mass is 9.97. The lowest BCUT2D eigenvalue weighted by Gasteiger charge is -2.34. The molecule has 1 aliphatic carbocycles. The van der Waals surface area contributed by atoms with Crippen LogP contribution in [0.4, 0.5) is 8.78 Å². The monoisotopic (exact) mass is 522 g/mol. The maximum absolute atomic E-state index is 12.8. The van der Waals surface area contributed by atoms with Crippen LogP contribution in [0.3, 0.4) is 0 Å². The van der Waals surface area contributed by atoms with Crippen molar-refractivity contribution in [2.75, 3.05) is 26.2 Å². The minimum absolute atomic E-state index is 0.0875. The van der Waals surface area contributed by atoms with Gasteiger partial charge in [-0.05, 0) is 55.5 Å². The normalized spacial score (nSPS) is 17.2. The van der Waals surface area contributed by atoms with Gasteiger partial charge in [-0.1, -0.05) is 0 Å². The molecule has 1 saturated heterocycles. The Morgan fingerprint density at radius 1 is 1.09 bits per heavy atom. The molecule has 0 saturated carbocycles. The second kappa shape index (κ2) is 9.40. The van der Waals surface area contributed by atoms with Gasteiger partial charge < -0.3 is 9.88 Å². The number of aromatic amines is 1. The van der Waals surface area contributed by atoms with E-state index >= 15 is 0 Å². The Bertz CT molecular complexity index is 1430. The van der Waals surface area contributed by atoms with Crippen LogP contribution in [0.5, 0.6) is 0 Å². The SMILES string of the molecule is O=C(c1ccc(S(=O)(=O)C(F)F)cc1)N1CCN(Cc2nc3sc4c(c3c(=O)[nH]2)CCCC4)CC1. The van der Waals surface area contributed by atoms with Crippen molar-refractivity contribution in [3.63, 3.8) is 0 Å². The Hall–Kier alpha value is -2.70. The van der Waals surface area contributed by atoms with Gasteiger partial charge in [-0.25, -0.2) is 13.4 Å². The molecule has 1 aliphatic heterocycles.